The Labute approximate surface area is 169 Å². The van der Waals surface area contributed by atoms with Crippen LogP contribution in [0, 0.1) is 0 Å². The average Bonchev–Trinajstić information content (AvgIpc) is 3.16. The zero-order valence-electron chi connectivity index (χ0n) is 15.7. The molecule has 3 rings (SSSR count). The zero-order chi connectivity index (χ0) is 21.9. The van der Waals surface area contributed by atoms with Gasteiger partial charge in [-0.05, 0) is 35.9 Å². The van der Waals surface area contributed by atoms with Crippen LogP contribution < -0.4 is 15.8 Å². The van der Waals surface area contributed by atoms with Gasteiger partial charge in [0, 0.05) is 12.1 Å². The number of carbonyl (C=O) groups is 2. The normalized spacial score (nSPS) is 11.2. The first-order valence-corrected chi connectivity index (χ1v) is 8.67. The third-order valence-corrected chi connectivity index (χ3v) is 4.22. The van der Waals surface area contributed by atoms with Gasteiger partial charge in [-0.2, -0.15) is 18.3 Å². The van der Waals surface area contributed by atoms with Crippen molar-refractivity contribution in [2.45, 2.75) is 12.7 Å². The molecule has 0 aliphatic carbocycles. The van der Waals surface area contributed by atoms with Crippen LogP contribution in [0.3, 0.4) is 0 Å². The number of nitrogens with one attached hydrogen (secondary N) is 1. The minimum absolute atomic E-state index is 0.0829. The van der Waals surface area contributed by atoms with E-state index < -0.39 is 23.6 Å². The van der Waals surface area contributed by atoms with Crippen LogP contribution in [0.1, 0.15) is 32.0 Å². The van der Waals surface area contributed by atoms with E-state index in [1.54, 1.807) is 24.3 Å². The van der Waals surface area contributed by atoms with Crippen LogP contribution in [0.25, 0.3) is 5.69 Å². The van der Waals surface area contributed by atoms with Crippen LogP contribution in [-0.2, 0) is 12.7 Å². The second-order valence-corrected chi connectivity index (χ2v) is 6.29. The van der Waals surface area contributed by atoms with E-state index in [9.17, 15) is 22.8 Å². The summed E-state index contributed by atoms with van der Waals surface area (Å²) in [4.78, 5) is 23.8. The molecule has 156 valence electrons. The first-order chi connectivity index (χ1) is 14.2. The molecule has 0 radical (unpaired) electrons. The molecule has 10 heteroatoms. The van der Waals surface area contributed by atoms with Gasteiger partial charge in [-0.3, -0.25) is 9.59 Å². The van der Waals surface area contributed by atoms with E-state index in [1.807, 2.05) is 0 Å². The number of ether oxygens (including phenoxy) is 1. The molecule has 0 spiro atoms. The van der Waals surface area contributed by atoms with Gasteiger partial charge in [0.15, 0.2) is 11.4 Å². The Hall–Kier alpha value is -3.82. The fourth-order valence-electron chi connectivity index (χ4n) is 2.72. The summed E-state index contributed by atoms with van der Waals surface area (Å²) < 4.78 is 45.1. The summed E-state index contributed by atoms with van der Waals surface area (Å²) in [6.07, 6.45) is -3.19. The van der Waals surface area contributed by atoms with Gasteiger partial charge in [-0.1, -0.05) is 18.2 Å². The number of amides is 2. The molecule has 0 saturated heterocycles. The van der Waals surface area contributed by atoms with Gasteiger partial charge in [0.05, 0.1) is 24.6 Å². The molecule has 7 nitrogen and oxygen atoms in total. The minimum atomic E-state index is -4.51. The average molecular weight is 418 g/mol. The van der Waals surface area contributed by atoms with Crippen molar-refractivity contribution < 1.29 is 27.5 Å². The Morgan fingerprint density at radius 1 is 1.17 bits per heavy atom. The third-order valence-electron chi connectivity index (χ3n) is 4.22. The number of alkyl halides is 3. The van der Waals surface area contributed by atoms with Crippen molar-refractivity contribution in [3.63, 3.8) is 0 Å². The van der Waals surface area contributed by atoms with E-state index in [0.29, 0.717) is 11.1 Å². The monoisotopic (exact) mass is 418 g/mol. The molecule has 0 unspecified atom stereocenters. The number of rotatable bonds is 6. The largest absolute Gasteiger partial charge is 0.493 e. The third kappa shape index (κ3) is 4.59. The van der Waals surface area contributed by atoms with Gasteiger partial charge in [0.1, 0.15) is 0 Å². The van der Waals surface area contributed by atoms with Crippen molar-refractivity contribution in [1.82, 2.24) is 15.1 Å². The topological polar surface area (TPSA) is 99.2 Å². The van der Waals surface area contributed by atoms with Crippen LogP contribution in [-0.4, -0.2) is 28.7 Å². The molecule has 1 heterocycles. The number of hydrogen-bond acceptors (Lipinski definition) is 4. The summed E-state index contributed by atoms with van der Waals surface area (Å²) in [6.45, 7) is 0.0829. The lowest BCUT2D eigenvalue weighted by Crippen LogP contribution is -2.24. The van der Waals surface area contributed by atoms with Crippen LogP contribution in [0.2, 0.25) is 0 Å². The lowest BCUT2D eigenvalue weighted by atomic mass is 10.1. The molecule has 0 atom stereocenters. The molecule has 3 N–H and O–H groups in total. The fourth-order valence-corrected chi connectivity index (χ4v) is 2.72. The standard InChI is InChI=1S/C20H17F3N4O3/c1-30-16-11-27(15-7-3-6-14(9-15)20(21,22)23)26-17(16)19(29)25-10-12-4-2-5-13(8-12)18(24)28/h2-9,11H,10H2,1H3,(H2,24,28)(H,25,29). The lowest BCUT2D eigenvalue weighted by Gasteiger charge is -2.08. The Bertz CT molecular complexity index is 1090. The highest BCUT2D eigenvalue weighted by molar-refractivity contribution is 5.95. The Morgan fingerprint density at radius 3 is 2.57 bits per heavy atom. The molecular weight excluding hydrogens is 401 g/mol. The van der Waals surface area contributed by atoms with Crippen molar-refractivity contribution in [3.05, 3.63) is 77.1 Å². The minimum Gasteiger partial charge on any atom is -0.493 e. The highest BCUT2D eigenvalue weighted by Gasteiger charge is 2.30. The Kier molecular flexibility index (Phi) is 5.77. The molecule has 30 heavy (non-hydrogen) atoms. The zero-order valence-corrected chi connectivity index (χ0v) is 15.7. The second-order valence-electron chi connectivity index (χ2n) is 6.29. The molecule has 3 aromatic rings. The summed E-state index contributed by atoms with van der Waals surface area (Å²) in [6, 6.07) is 11.0. The number of nitrogens with two attached hydrogens (primary N) is 1. The smallest absolute Gasteiger partial charge is 0.416 e. The van der Waals surface area contributed by atoms with Gasteiger partial charge < -0.3 is 15.8 Å². The molecular formula is C20H17F3N4O3. The Balaban J connectivity index is 1.81. The fraction of sp³-hybridized carbons (Fsp3) is 0.150. The molecule has 0 bridgehead atoms. The number of methoxy groups -OCH3 is 1. The van der Waals surface area contributed by atoms with Gasteiger partial charge in [-0.25, -0.2) is 4.68 Å². The van der Waals surface area contributed by atoms with Crippen molar-refractivity contribution in [2.24, 2.45) is 5.73 Å². The summed E-state index contributed by atoms with van der Waals surface area (Å²) >= 11 is 0. The number of hydrogen-bond donors (Lipinski definition) is 2. The van der Waals surface area contributed by atoms with Crippen molar-refractivity contribution in [1.29, 1.82) is 0 Å². The molecule has 0 fully saturated rings. The van der Waals surface area contributed by atoms with Crippen molar-refractivity contribution >= 4 is 11.8 Å². The van der Waals surface area contributed by atoms with E-state index in [2.05, 4.69) is 10.4 Å². The number of benzene rings is 2. The van der Waals surface area contributed by atoms with Crippen LogP contribution in [0.4, 0.5) is 13.2 Å². The first kappa shape index (κ1) is 20.9. The maximum Gasteiger partial charge on any atom is 0.416 e. The SMILES string of the molecule is COc1cn(-c2cccc(C(F)(F)F)c2)nc1C(=O)NCc1cccc(C(N)=O)c1. The molecule has 0 aliphatic heterocycles. The maximum absolute atomic E-state index is 13.0. The van der Waals surface area contributed by atoms with Crippen molar-refractivity contribution in [3.8, 4) is 11.4 Å². The highest BCUT2D eigenvalue weighted by atomic mass is 19.4. The number of halogens is 3. The number of carbonyl (C=O) groups excluding carboxylic acids is 2. The van der Waals surface area contributed by atoms with E-state index in [0.717, 1.165) is 16.8 Å². The predicted molar refractivity (Wildman–Crippen MR) is 101 cm³/mol. The van der Waals surface area contributed by atoms with Crippen LogP contribution in [0.15, 0.2) is 54.7 Å². The lowest BCUT2D eigenvalue weighted by molar-refractivity contribution is -0.137. The van der Waals surface area contributed by atoms with E-state index in [-0.39, 0.29) is 23.7 Å². The number of aromatic nitrogens is 2. The number of primary amides is 1. The molecule has 0 aliphatic rings. The molecule has 1 aromatic heterocycles. The number of nitrogens with zero attached hydrogens (tertiary/aromatic N) is 2. The summed E-state index contributed by atoms with van der Waals surface area (Å²) in [7, 11) is 1.32. The van der Waals surface area contributed by atoms with Gasteiger partial charge in [0.25, 0.3) is 5.91 Å². The van der Waals surface area contributed by atoms with Crippen LogP contribution >= 0.6 is 0 Å². The highest BCUT2D eigenvalue weighted by Crippen LogP contribution is 2.30. The van der Waals surface area contributed by atoms with Gasteiger partial charge >= 0.3 is 6.18 Å². The van der Waals surface area contributed by atoms with Crippen molar-refractivity contribution in [2.75, 3.05) is 7.11 Å². The quantitative estimate of drug-likeness (QED) is 0.643. The van der Waals surface area contributed by atoms with Gasteiger partial charge in [-0.15, -0.1) is 0 Å². The predicted octanol–water partition coefficient (Wildman–Crippen LogP) is 2.93. The Morgan fingerprint density at radius 2 is 1.90 bits per heavy atom. The second kappa shape index (κ2) is 8.27. The summed E-state index contributed by atoms with van der Waals surface area (Å²) in [5, 5.41) is 6.70. The summed E-state index contributed by atoms with van der Waals surface area (Å²) in [5.74, 6) is -1.09. The van der Waals surface area contributed by atoms with Gasteiger partial charge in [0.2, 0.25) is 5.91 Å². The first-order valence-electron chi connectivity index (χ1n) is 8.67. The van der Waals surface area contributed by atoms with E-state index >= 15 is 0 Å². The maximum atomic E-state index is 13.0. The molecule has 2 aromatic carbocycles. The summed E-state index contributed by atoms with van der Waals surface area (Å²) in [5.41, 5.74) is 5.36. The molecule has 2 amide bonds. The van der Waals surface area contributed by atoms with E-state index in [1.165, 1.54) is 25.4 Å². The van der Waals surface area contributed by atoms with Crippen LogP contribution in [0.5, 0.6) is 5.75 Å². The molecule has 0 saturated carbocycles. The van der Waals surface area contributed by atoms with E-state index in [4.69, 9.17) is 10.5 Å².